The fourth-order valence-corrected chi connectivity index (χ4v) is 5.94. The molecule has 7 heteroatoms. The summed E-state index contributed by atoms with van der Waals surface area (Å²) >= 11 is 0. The number of allylic oxidation sites excluding steroid dienone is 1. The fraction of sp³-hybridized carbons (Fsp3) is 0.562. The van der Waals surface area contributed by atoms with E-state index in [-0.39, 0.29) is 18.0 Å². The molecule has 1 aromatic carbocycles. The second-order valence-electron chi connectivity index (χ2n) is 11.5. The minimum atomic E-state index is 0.138. The number of nitrogens with one attached hydrogen (secondary N) is 2. The van der Waals surface area contributed by atoms with Gasteiger partial charge in [-0.15, -0.1) is 0 Å². The first kappa shape index (κ1) is 27.7. The third-order valence-corrected chi connectivity index (χ3v) is 8.61. The first-order valence-corrected chi connectivity index (χ1v) is 15.1. The minimum absolute atomic E-state index is 0.138. The molecule has 0 bridgehead atoms. The van der Waals surface area contributed by atoms with Crippen molar-refractivity contribution < 1.29 is 0 Å². The number of likely N-dealkylation sites (tertiary alicyclic amines) is 1. The van der Waals surface area contributed by atoms with Gasteiger partial charge in [0.25, 0.3) is 0 Å². The standard InChI is InChI=1S/C32H47N7/c1-3-4-5-6-7-31(26-8-9-27-23-33-24-29(27)22-26)34-14-10-28-25-35-36-32(28)13-17-38-15-11-30(12-16-38)39-20-18-37(2)19-21-39/h6-10,13-14,17,22,24-25,28,30-32,34,36H,3-5,11-12,15-16,18-21,23H2,1-2H3/b7-6+,14-10+,17-13+. The number of hydrogen-bond donors (Lipinski definition) is 2. The van der Waals surface area contributed by atoms with Crippen molar-refractivity contribution in [1.29, 1.82) is 0 Å². The Bertz CT molecular complexity index is 1060. The number of benzene rings is 1. The largest absolute Gasteiger partial charge is 0.381 e. The van der Waals surface area contributed by atoms with E-state index in [0.717, 1.165) is 32.1 Å². The summed E-state index contributed by atoms with van der Waals surface area (Å²) in [6.07, 6.45) is 23.7. The maximum atomic E-state index is 4.43. The summed E-state index contributed by atoms with van der Waals surface area (Å²) in [6.45, 7) is 10.2. The average Bonchev–Trinajstić information content (AvgIpc) is 3.63. The van der Waals surface area contributed by atoms with Crippen LogP contribution in [-0.2, 0) is 6.54 Å². The highest BCUT2D eigenvalue weighted by molar-refractivity contribution is 5.84. The summed E-state index contributed by atoms with van der Waals surface area (Å²) in [5.41, 5.74) is 7.12. The van der Waals surface area contributed by atoms with Crippen LogP contribution in [0.2, 0.25) is 0 Å². The van der Waals surface area contributed by atoms with Gasteiger partial charge in [0, 0.05) is 63.7 Å². The van der Waals surface area contributed by atoms with Crippen LogP contribution in [0.15, 0.2) is 65.0 Å². The van der Waals surface area contributed by atoms with Gasteiger partial charge in [0.15, 0.2) is 0 Å². The highest BCUT2D eigenvalue weighted by Gasteiger charge is 2.26. The van der Waals surface area contributed by atoms with Crippen LogP contribution in [-0.4, -0.2) is 85.5 Å². The number of piperidine rings is 1. The molecule has 0 aliphatic carbocycles. The van der Waals surface area contributed by atoms with Gasteiger partial charge in [-0.1, -0.05) is 50.1 Å². The number of rotatable bonds is 11. The van der Waals surface area contributed by atoms with Crippen LogP contribution >= 0.6 is 0 Å². The number of nitrogens with zero attached hydrogens (tertiary/aromatic N) is 5. The van der Waals surface area contributed by atoms with Gasteiger partial charge in [0.05, 0.1) is 18.6 Å². The molecule has 5 rings (SSSR count). The van der Waals surface area contributed by atoms with Gasteiger partial charge in [-0.25, -0.2) is 0 Å². The van der Waals surface area contributed by atoms with Crippen LogP contribution in [0.4, 0.5) is 0 Å². The Balaban J connectivity index is 1.13. The van der Waals surface area contributed by atoms with Gasteiger partial charge < -0.3 is 20.5 Å². The van der Waals surface area contributed by atoms with Crippen molar-refractivity contribution in [2.45, 2.75) is 63.7 Å². The van der Waals surface area contributed by atoms with Crippen molar-refractivity contribution in [2.24, 2.45) is 16.0 Å². The average molecular weight is 530 g/mol. The molecule has 39 heavy (non-hydrogen) atoms. The molecule has 0 amide bonds. The molecule has 1 aromatic rings. The lowest BCUT2D eigenvalue weighted by Gasteiger charge is -2.42. The predicted molar refractivity (Wildman–Crippen MR) is 163 cm³/mol. The maximum absolute atomic E-state index is 4.43. The predicted octanol–water partition coefficient (Wildman–Crippen LogP) is 4.31. The smallest absolute Gasteiger partial charge is 0.0750 e. The molecule has 4 heterocycles. The second-order valence-corrected chi connectivity index (χ2v) is 11.5. The van der Waals surface area contributed by atoms with Crippen LogP contribution in [0.3, 0.4) is 0 Å². The van der Waals surface area contributed by atoms with Gasteiger partial charge in [0.1, 0.15) is 0 Å². The van der Waals surface area contributed by atoms with E-state index in [1.807, 2.05) is 12.4 Å². The van der Waals surface area contributed by atoms with Gasteiger partial charge >= 0.3 is 0 Å². The van der Waals surface area contributed by atoms with E-state index < -0.39 is 0 Å². The van der Waals surface area contributed by atoms with Crippen molar-refractivity contribution in [2.75, 3.05) is 46.3 Å². The zero-order valence-electron chi connectivity index (χ0n) is 23.9. The van der Waals surface area contributed by atoms with Crippen LogP contribution < -0.4 is 10.7 Å². The number of aliphatic imine (C=N–C) groups is 1. The lowest BCUT2D eigenvalue weighted by atomic mass is 9.99. The van der Waals surface area contributed by atoms with Crippen molar-refractivity contribution >= 4 is 12.4 Å². The summed E-state index contributed by atoms with van der Waals surface area (Å²) in [5, 5.41) is 8.04. The molecule has 3 unspecified atom stereocenters. The topological polar surface area (TPSA) is 58.5 Å². The van der Waals surface area contributed by atoms with Gasteiger partial charge in [-0.05, 0) is 67.5 Å². The first-order valence-electron chi connectivity index (χ1n) is 15.1. The number of piperazine rings is 1. The molecule has 0 spiro atoms. The third-order valence-electron chi connectivity index (χ3n) is 8.61. The van der Waals surface area contributed by atoms with E-state index >= 15 is 0 Å². The zero-order valence-corrected chi connectivity index (χ0v) is 23.9. The van der Waals surface area contributed by atoms with E-state index in [1.54, 1.807) is 0 Å². The van der Waals surface area contributed by atoms with E-state index in [0.29, 0.717) is 0 Å². The zero-order chi connectivity index (χ0) is 26.9. The lowest BCUT2D eigenvalue weighted by molar-refractivity contribution is 0.0782. The molecule has 2 saturated heterocycles. The monoisotopic (exact) mass is 529 g/mol. The number of likely N-dealkylation sites (N-methyl/N-ethyl adjacent to an activating group) is 1. The number of hydrazone groups is 1. The lowest BCUT2D eigenvalue weighted by Crippen LogP contribution is -2.51. The Labute approximate surface area is 235 Å². The quantitative estimate of drug-likeness (QED) is 0.331. The summed E-state index contributed by atoms with van der Waals surface area (Å²) in [7, 11) is 2.23. The summed E-state index contributed by atoms with van der Waals surface area (Å²) in [5.74, 6) is 0.230. The molecule has 2 N–H and O–H groups in total. The van der Waals surface area contributed by atoms with E-state index in [1.165, 1.54) is 68.6 Å². The highest BCUT2D eigenvalue weighted by atomic mass is 15.3. The van der Waals surface area contributed by atoms with Gasteiger partial charge in [-0.2, -0.15) is 5.10 Å². The van der Waals surface area contributed by atoms with Crippen LogP contribution in [0, 0.1) is 5.92 Å². The second kappa shape index (κ2) is 13.9. The fourth-order valence-electron chi connectivity index (χ4n) is 5.94. The molecule has 2 fully saturated rings. The normalized spacial score (nSPS) is 25.3. The third kappa shape index (κ3) is 7.61. The summed E-state index contributed by atoms with van der Waals surface area (Å²) < 4.78 is 0. The van der Waals surface area contributed by atoms with Crippen LogP contribution in [0.5, 0.6) is 0 Å². The SMILES string of the molecule is CCCC/C=C/C(N/C=C/C1C=NNC1/C=C/N1CCC(N2CCN(C)CC2)CC1)c1ccc2c(c1)C=NC2. The van der Waals surface area contributed by atoms with Crippen molar-refractivity contribution in [3.63, 3.8) is 0 Å². The van der Waals surface area contributed by atoms with E-state index in [4.69, 9.17) is 0 Å². The number of fused-ring (bicyclic) bond motifs is 1. The van der Waals surface area contributed by atoms with Gasteiger partial charge in [-0.3, -0.25) is 9.89 Å². The minimum Gasteiger partial charge on any atom is -0.381 e. The molecule has 4 aliphatic heterocycles. The Morgan fingerprint density at radius 2 is 1.95 bits per heavy atom. The van der Waals surface area contributed by atoms with Crippen LogP contribution in [0.1, 0.15) is 61.8 Å². The molecule has 4 aliphatic rings. The van der Waals surface area contributed by atoms with Crippen molar-refractivity contribution in [3.05, 3.63) is 71.6 Å². The Hall–Kier alpha value is -2.90. The molecule has 7 nitrogen and oxygen atoms in total. The summed E-state index contributed by atoms with van der Waals surface area (Å²) in [4.78, 5) is 12.1. The van der Waals surface area contributed by atoms with Crippen molar-refractivity contribution in [3.8, 4) is 0 Å². The highest BCUT2D eigenvalue weighted by Crippen LogP contribution is 2.23. The van der Waals surface area contributed by atoms with E-state index in [9.17, 15) is 0 Å². The first-order chi connectivity index (χ1) is 19.2. The van der Waals surface area contributed by atoms with Gasteiger partial charge in [0.2, 0.25) is 0 Å². The van der Waals surface area contributed by atoms with E-state index in [2.05, 4.69) is 104 Å². The molecule has 210 valence electrons. The summed E-state index contributed by atoms with van der Waals surface area (Å²) in [6, 6.07) is 7.81. The molecule has 0 aromatic heterocycles. The molecular weight excluding hydrogens is 482 g/mol. The van der Waals surface area contributed by atoms with Crippen LogP contribution in [0.25, 0.3) is 0 Å². The number of hydrogen-bond acceptors (Lipinski definition) is 7. The maximum Gasteiger partial charge on any atom is 0.0750 e. The van der Waals surface area contributed by atoms with Crippen molar-refractivity contribution in [1.82, 2.24) is 25.4 Å². The molecule has 0 saturated carbocycles. The molecular formula is C32H47N7. The number of unbranched alkanes of at least 4 members (excludes halogenated alkanes) is 2. The Morgan fingerprint density at radius 1 is 1.10 bits per heavy atom. The molecule has 0 radical (unpaired) electrons. The Morgan fingerprint density at radius 3 is 2.77 bits per heavy atom. The Kier molecular flexibility index (Phi) is 9.89. The molecule has 3 atom stereocenters.